The van der Waals surface area contributed by atoms with Crippen LogP contribution in [0, 0.1) is 15.5 Å². The second-order valence-corrected chi connectivity index (χ2v) is 4.66. The van der Waals surface area contributed by atoms with E-state index in [1.165, 1.54) is 6.07 Å². The molecular weight excluding hydrogens is 192 g/mol. The Labute approximate surface area is 89.2 Å². The van der Waals surface area contributed by atoms with Crippen LogP contribution in [-0.4, -0.2) is 4.92 Å². The molecule has 0 spiro atoms. The Balaban J connectivity index is 3.19. The molecule has 0 fully saturated rings. The zero-order valence-corrected chi connectivity index (χ0v) is 9.23. The van der Waals surface area contributed by atoms with E-state index in [2.05, 4.69) is 0 Å². The molecule has 0 aromatic heterocycles. The summed E-state index contributed by atoms with van der Waals surface area (Å²) in [6.45, 7) is 5.90. The fraction of sp³-hybridized carbons (Fsp3) is 0.455. The third-order valence-corrected chi connectivity index (χ3v) is 2.40. The number of rotatable bonds is 2. The Hall–Kier alpha value is -1.42. The van der Waals surface area contributed by atoms with Gasteiger partial charge in [0.2, 0.25) is 0 Å². The van der Waals surface area contributed by atoms with Crippen LogP contribution in [0.15, 0.2) is 24.3 Å². The largest absolute Gasteiger partial charge is 0.323 e. The zero-order chi connectivity index (χ0) is 11.6. The lowest BCUT2D eigenvalue weighted by atomic mass is 9.82. The highest BCUT2D eigenvalue weighted by atomic mass is 16.6. The molecule has 0 aliphatic heterocycles. The number of nitro benzene ring substituents is 1. The van der Waals surface area contributed by atoms with Crippen molar-refractivity contribution in [1.29, 1.82) is 0 Å². The normalized spacial score (nSPS) is 13.6. The summed E-state index contributed by atoms with van der Waals surface area (Å²) in [5.41, 5.74) is 6.51. The first-order chi connectivity index (χ1) is 6.84. The van der Waals surface area contributed by atoms with Gasteiger partial charge < -0.3 is 5.73 Å². The SMILES string of the molecule is CC(C)(C)[C@H](N)c1ccccc1[N+](=O)[O-]. The van der Waals surface area contributed by atoms with Crippen molar-refractivity contribution in [3.8, 4) is 0 Å². The molecule has 1 aromatic rings. The molecule has 0 unspecified atom stereocenters. The van der Waals surface area contributed by atoms with Gasteiger partial charge in [0.25, 0.3) is 5.69 Å². The molecule has 1 aromatic carbocycles. The van der Waals surface area contributed by atoms with Gasteiger partial charge in [-0.1, -0.05) is 39.0 Å². The topological polar surface area (TPSA) is 69.2 Å². The van der Waals surface area contributed by atoms with Crippen LogP contribution >= 0.6 is 0 Å². The molecule has 0 bridgehead atoms. The highest BCUT2D eigenvalue weighted by molar-refractivity contribution is 5.42. The molecule has 1 atom stereocenters. The third-order valence-electron chi connectivity index (χ3n) is 2.40. The first-order valence-corrected chi connectivity index (χ1v) is 4.83. The smallest absolute Gasteiger partial charge is 0.274 e. The van der Waals surface area contributed by atoms with Crippen LogP contribution in [0.25, 0.3) is 0 Å². The summed E-state index contributed by atoms with van der Waals surface area (Å²) >= 11 is 0. The summed E-state index contributed by atoms with van der Waals surface area (Å²) in [6.07, 6.45) is 0. The Morgan fingerprint density at radius 1 is 1.33 bits per heavy atom. The second-order valence-electron chi connectivity index (χ2n) is 4.66. The Morgan fingerprint density at radius 3 is 2.33 bits per heavy atom. The molecular formula is C11H16N2O2. The van der Waals surface area contributed by atoms with E-state index < -0.39 is 0 Å². The van der Waals surface area contributed by atoms with Gasteiger partial charge >= 0.3 is 0 Å². The summed E-state index contributed by atoms with van der Waals surface area (Å²) in [5.74, 6) is 0. The number of nitrogens with zero attached hydrogens (tertiary/aromatic N) is 1. The average Bonchev–Trinajstić information content (AvgIpc) is 2.15. The van der Waals surface area contributed by atoms with Crippen molar-refractivity contribution in [3.63, 3.8) is 0 Å². The summed E-state index contributed by atoms with van der Waals surface area (Å²) in [4.78, 5) is 10.4. The molecule has 15 heavy (non-hydrogen) atoms. The van der Waals surface area contributed by atoms with Crippen molar-refractivity contribution in [2.45, 2.75) is 26.8 Å². The lowest BCUT2D eigenvalue weighted by Gasteiger charge is -2.26. The molecule has 1 rings (SSSR count). The molecule has 0 aliphatic rings. The monoisotopic (exact) mass is 208 g/mol. The van der Waals surface area contributed by atoms with E-state index in [0.29, 0.717) is 5.56 Å². The predicted octanol–water partition coefficient (Wildman–Crippen LogP) is 2.64. The molecule has 0 aliphatic carbocycles. The van der Waals surface area contributed by atoms with Gasteiger partial charge in [-0.15, -0.1) is 0 Å². The van der Waals surface area contributed by atoms with Crippen LogP contribution in [0.2, 0.25) is 0 Å². The average molecular weight is 208 g/mol. The number of hydrogen-bond donors (Lipinski definition) is 1. The van der Waals surface area contributed by atoms with Gasteiger partial charge in [-0.2, -0.15) is 0 Å². The minimum Gasteiger partial charge on any atom is -0.323 e. The maximum Gasteiger partial charge on any atom is 0.274 e. The van der Waals surface area contributed by atoms with Crippen molar-refractivity contribution in [1.82, 2.24) is 0 Å². The lowest BCUT2D eigenvalue weighted by molar-refractivity contribution is -0.385. The molecule has 0 radical (unpaired) electrons. The number of hydrogen-bond acceptors (Lipinski definition) is 3. The number of para-hydroxylation sites is 1. The molecule has 0 saturated carbocycles. The molecule has 4 heteroatoms. The van der Waals surface area contributed by atoms with Crippen molar-refractivity contribution in [3.05, 3.63) is 39.9 Å². The van der Waals surface area contributed by atoms with E-state index in [9.17, 15) is 10.1 Å². The minimum absolute atomic E-state index is 0.0972. The molecule has 0 heterocycles. The van der Waals surface area contributed by atoms with Gasteiger partial charge in [0.15, 0.2) is 0 Å². The van der Waals surface area contributed by atoms with Gasteiger partial charge in [-0.3, -0.25) is 10.1 Å². The highest BCUT2D eigenvalue weighted by Crippen LogP contribution is 2.34. The summed E-state index contributed by atoms with van der Waals surface area (Å²) in [7, 11) is 0. The Kier molecular flexibility index (Phi) is 3.09. The Bertz CT molecular complexity index is 369. The van der Waals surface area contributed by atoms with Gasteiger partial charge in [0.05, 0.1) is 4.92 Å². The van der Waals surface area contributed by atoms with Gasteiger partial charge in [0, 0.05) is 17.7 Å². The number of benzene rings is 1. The maximum absolute atomic E-state index is 10.8. The molecule has 0 saturated heterocycles. The van der Waals surface area contributed by atoms with Crippen molar-refractivity contribution in [2.75, 3.05) is 0 Å². The van der Waals surface area contributed by atoms with E-state index in [1.807, 2.05) is 20.8 Å². The zero-order valence-electron chi connectivity index (χ0n) is 9.23. The Morgan fingerprint density at radius 2 is 1.87 bits per heavy atom. The number of nitrogens with two attached hydrogens (primary N) is 1. The fourth-order valence-corrected chi connectivity index (χ4v) is 1.38. The van der Waals surface area contributed by atoms with Gasteiger partial charge in [0.1, 0.15) is 0 Å². The van der Waals surface area contributed by atoms with Crippen molar-refractivity contribution in [2.24, 2.45) is 11.1 Å². The van der Waals surface area contributed by atoms with Crippen LogP contribution in [-0.2, 0) is 0 Å². The minimum atomic E-state index is -0.388. The molecule has 2 N–H and O–H groups in total. The predicted molar refractivity (Wildman–Crippen MR) is 59.5 cm³/mol. The van der Waals surface area contributed by atoms with Gasteiger partial charge in [-0.05, 0) is 5.41 Å². The molecule has 82 valence electrons. The molecule has 0 amide bonds. The van der Waals surface area contributed by atoms with Crippen molar-refractivity contribution >= 4 is 5.69 Å². The molecule has 4 nitrogen and oxygen atoms in total. The lowest BCUT2D eigenvalue weighted by Crippen LogP contribution is -2.26. The standard InChI is InChI=1S/C11H16N2O2/c1-11(2,3)10(12)8-6-4-5-7-9(8)13(14)15/h4-7,10H,12H2,1-3H3/t10-/m1/s1. The van der Waals surface area contributed by atoms with E-state index >= 15 is 0 Å². The van der Waals surface area contributed by atoms with Crippen LogP contribution in [0.4, 0.5) is 5.69 Å². The van der Waals surface area contributed by atoms with Crippen LogP contribution in [0.1, 0.15) is 32.4 Å². The van der Waals surface area contributed by atoms with Crippen LogP contribution in [0.5, 0.6) is 0 Å². The van der Waals surface area contributed by atoms with Crippen LogP contribution < -0.4 is 5.73 Å². The first kappa shape index (κ1) is 11.7. The van der Waals surface area contributed by atoms with E-state index in [0.717, 1.165) is 0 Å². The quantitative estimate of drug-likeness (QED) is 0.600. The fourth-order valence-electron chi connectivity index (χ4n) is 1.38. The third kappa shape index (κ3) is 2.53. The highest BCUT2D eigenvalue weighted by Gasteiger charge is 2.27. The van der Waals surface area contributed by atoms with E-state index in [-0.39, 0.29) is 22.1 Å². The van der Waals surface area contributed by atoms with E-state index in [4.69, 9.17) is 5.73 Å². The first-order valence-electron chi connectivity index (χ1n) is 4.83. The van der Waals surface area contributed by atoms with Crippen molar-refractivity contribution < 1.29 is 4.92 Å². The summed E-state index contributed by atoms with van der Waals surface area (Å²) in [6, 6.07) is 6.29. The second kappa shape index (κ2) is 3.98. The van der Waals surface area contributed by atoms with E-state index in [1.54, 1.807) is 18.2 Å². The number of nitro groups is 1. The summed E-state index contributed by atoms with van der Waals surface area (Å²) < 4.78 is 0. The van der Waals surface area contributed by atoms with Crippen LogP contribution in [0.3, 0.4) is 0 Å². The van der Waals surface area contributed by atoms with Gasteiger partial charge in [-0.25, -0.2) is 0 Å². The summed E-state index contributed by atoms with van der Waals surface area (Å²) in [5, 5.41) is 10.8. The maximum atomic E-state index is 10.8.